The van der Waals surface area contributed by atoms with Crippen molar-refractivity contribution in [2.24, 2.45) is 5.73 Å². The first-order chi connectivity index (χ1) is 9.06. The molecule has 19 heavy (non-hydrogen) atoms. The van der Waals surface area contributed by atoms with E-state index in [2.05, 4.69) is 34.3 Å². The van der Waals surface area contributed by atoms with Crippen molar-refractivity contribution in [3.8, 4) is 0 Å². The van der Waals surface area contributed by atoms with Crippen LogP contribution in [0.15, 0.2) is 36.4 Å². The molecular formula is C14H16N4S. The predicted molar refractivity (Wildman–Crippen MR) is 81.1 cm³/mol. The van der Waals surface area contributed by atoms with E-state index >= 15 is 0 Å². The number of hydrogen-bond donors (Lipinski definition) is 2. The molecule has 3 N–H and O–H groups in total. The Balaban J connectivity index is 2.21. The molecule has 0 spiro atoms. The summed E-state index contributed by atoms with van der Waals surface area (Å²) in [7, 11) is 0. The minimum absolute atomic E-state index is 0.113. The van der Waals surface area contributed by atoms with Gasteiger partial charge in [-0.1, -0.05) is 42.5 Å². The Kier molecular flexibility index (Phi) is 4.06. The number of anilines is 1. The first-order valence-corrected chi connectivity index (χ1v) is 6.44. The van der Waals surface area contributed by atoms with Gasteiger partial charge in [-0.3, -0.25) is 0 Å². The van der Waals surface area contributed by atoms with Gasteiger partial charge in [0.25, 0.3) is 0 Å². The van der Waals surface area contributed by atoms with Gasteiger partial charge in [-0.15, -0.1) is 0 Å². The highest BCUT2D eigenvalue weighted by Gasteiger charge is 2.09. The fourth-order valence-corrected chi connectivity index (χ4v) is 1.88. The third-order valence-electron chi connectivity index (χ3n) is 2.75. The summed E-state index contributed by atoms with van der Waals surface area (Å²) in [5.41, 5.74) is 8.20. The molecule has 1 aromatic carbocycles. The Morgan fingerprint density at radius 2 is 1.95 bits per heavy atom. The van der Waals surface area contributed by atoms with E-state index in [1.165, 1.54) is 5.56 Å². The molecule has 0 saturated heterocycles. The summed E-state index contributed by atoms with van der Waals surface area (Å²) < 4.78 is 0. The monoisotopic (exact) mass is 272 g/mol. The Morgan fingerprint density at radius 3 is 2.58 bits per heavy atom. The standard InChI is InChI=1S/C14H16N4S/c1-9-8-12(13(15)19)18-14(16-9)17-10(2)11-6-4-3-5-7-11/h3-8,10H,1-2H3,(H2,15,19)(H,16,17,18). The van der Waals surface area contributed by atoms with Gasteiger partial charge in [0.2, 0.25) is 5.95 Å². The number of thiocarbonyl (C=S) groups is 1. The van der Waals surface area contributed by atoms with E-state index in [0.29, 0.717) is 11.6 Å². The lowest BCUT2D eigenvalue weighted by Crippen LogP contribution is -2.16. The first-order valence-electron chi connectivity index (χ1n) is 6.03. The lowest BCUT2D eigenvalue weighted by atomic mass is 10.1. The van der Waals surface area contributed by atoms with Crippen LogP contribution in [0.25, 0.3) is 0 Å². The Labute approximate surface area is 118 Å². The van der Waals surface area contributed by atoms with Crippen molar-refractivity contribution in [3.63, 3.8) is 0 Å². The van der Waals surface area contributed by atoms with Crippen LogP contribution in [0.5, 0.6) is 0 Å². The number of nitrogens with two attached hydrogens (primary N) is 1. The van der Waals surface area contributed by atoms with Crippen LogP contribution in [0.1, 0.15) is 29.9 Å². The summed E-state index contributed by atoms with van der Waals surface area (Å²) in [6.45, 7) is 3.95. The van der Waals surface area contributed by atoms with Crippen LogP contribution >= 0.6 is 12.2 Å². The van der Waals surface area contributed by atoms with Gasteiger partial charge >= 0.3 is 0 Å². The molecule has 0 fully saturated rings. The second kappa shape index (κ2) is 5.75. The lowest BCUT2D eigenvalue weighted by molar-refractivity contribution is 0.856. The van der Waals surface area contributed by atoms with Gasteiger partial charge in [-0.2, -0.15) is 0 Å². The zero-order valence-electron chi connectivity index (χ0n) is 10.9. The Hall–Kier alpha value is -2.01. The quantitative estimate of drug-likeness (QED) is 0.838. The van der Waals surface area contributed by atoms with Crippen LogP contribution in [0.4, 0.5) is 5.95 Å². The molecule has 0 bridgehead atoms. The molecule has 0 aliphatic carbocycles. The fraction of sp³-hybridized carbons (Fsp3) is 0.214. The largest absolute Gasteiger partial charge is 0.388 e. The average molecular weight is 272 g/mol. The smallest absolute Gasteiger partial charge is 0.224 e. The maximum absolute atomic E-state index is 5.61. The molecule has 1 heterocycles. The summed E-state index contributed by atoms with van der Waals surface area (Å²) in [6, 6.07) is 12.0. The molecule has 1 aromatic heterocycles. The molecule has 0 aliphatic rings. The molecule has 2 aromatic rings. The number of hydrogen-bond acceptors (Lipinski definition) is 4. The van der Waals surface area contributed by atoms with Crippen molar-refractivity contribution in [2.75, 3.05) is 5.32 Å². The first kappa shape index (κ1) is 13.4. The number of aromatic nitrogens is 2. The molecular weight excluding hydrogens is 256 g/mol. The van der Waals surface area contributed by atoms with Gasteiger partial charge in [0.15, 0.2) is 0 Å². The van der Waals surface area contributed by atoms with Crippen LogP contribution in [0, 0.1) is 6.92 Å². The fourth-order valence-electron chi connectivity index (χ4n) is 1.78. The zero-order chi connectivity index (χ0) is 13.8. The van der Waals surface area contributed by atoms with Crippen molar-refractivity contribution < 1.29 is 0 Å². The molecule has 0 aliphatic heterocycles. The van der Waals surface area contributed by atoms with Gasteiger partial charge < -0.3 is 11.1 Å². The molecule has 5 heteroatoms. The summed E-state index contributed by atoms with van der Waals surface area (Å²) in [6.07, 6.45) is 0. The molecule has 0 radical (unpaired) electrons. The summed E-state index contributed by atoms with van der Waals surface area (Å²) in [5.74, 6) is 0.541. The van der Waals surface area contributed by atoms with E-state index in [-0.39, 0.29) is 11.0 Å². The van der Waals surface area contributed by atoms with Gasteiger partial charge in [-0.05, 0) is 25.5 Å². The molecule has 0 saturated carbocycles. The summed E-state index contributed by atoms with van der Waals surface area (Å²) in [5, 5.41) is 3.26. The third kappa shape index (κ3) is 3.48. The van der Waals surface area contributed by atoms with Gasteiger partial charge in [0, 0.05) is 5.69 Å². The zero-order valence-corrected chi connectivity index (χ0v) is 11.7. The van der Waals surface area contributed by atoms with Crippen molar-refractivity contribution in [1.82, 2.24) is 9.97 Å². The van der Waals surface area contributed by atoms with E-state index in [1.54, 1.807) is 6.07 Å². The lowest BCUT2D eigenvalue weighted by Gasteiger charge is -2.15. The van der Waals surface area contributed by atoms with E-state index in [1.807, 2.05) is 25.1 Å². The Morgan fingerprint density at radius 1 is 1.26 bits per heavy atom. The number of benzene rings is 1. The number of aryl methyl sites for hydroxylation is 1. The van der Waals surface area contributed by atoms with Crippen molar-refractivity contribution in [3.05, 3.63) is 53.3 Å². The van der Waals surface area contributed by atoms with Crippen molar-refractivity contribution in [2.45, 2.75) is 19.9 Å². The van der Waals surface area contributed by atoms with Gasteiger partial charge in [0.1, 0.15) is 10.7 Å². The molecule has 1 atom stereocenters. The molecule has 2 rings (SSSR count). The summed E-state index contributed by atoms with van der Waals surface area (Å²) in [4.78, 5) is 8.93. The van der Waals surface area contributed by atoms with Gasteiger partial charge in [-0.25, -0.2) is 9.97 Å². The second-order valence-corrected chi connectivity index (χ2v) is 4.80. The second-order valence-electron chi connectivity index (χ2n) is 4.36. The van der Waals surface area contributed by atoms with Crippen LogP contribution in [0.2, 0.25) is 0 Å². The number of nitrogens with zero attached hydrogens (tertiary/aromatic N) is 2. The van der Waals surface area contributed by atoms with Crippen LogP contribution < -0.4 is 11.1 Å². The van der Waals surface area contributed by atoms with E-state index in [9.17, 15) is 0 Å². The minimum atomic E-state index is 0.113. The minimum Gasteiger partial charge on any atom is -0.388 e. The van der Waals surface area contributed by atoms with E-state index in [0.717, 1.165) is 5.69 Å². The number of nitrogens with one attached hydrogen (secondary N) is 1. The Bertz CT molecular complexity index is 583. The average Bonchev–Trinajstić information content (AvgIpc) is 2.39. The van der Waals surface area contributed by atoms with E-state index in [4.69, 9.17) is 18.0 Å². The van der Waals surface area contributed by atoms with Crippen LogP contribution in [0.3, 0.4) is 0 Å². The number of rotatable bonds is 4. The van der Waals surface area contributed by atoms with Crippen LogP contribution in [-0.2, 0) is 0 Å². The third-order valence-corrected chi connectivity index (χ3v) is 2.96. The highest BCUT2D eigenvalue weighted by atomic mass is 32.1. The maximum Gasteiger partial charge on any atom is 0.224 e. The molecule has 98 valence electrons. The highest BCUT2D eigenvalue weighted by molar-refractivity contribution is 7.80. The highest BCUT2D eigenvalue weighted by Crippen LogP contribution is 2.16. The SMILES string of the molecule is Cc1cc(C(N)=S)nc(NC(C)c2ccccc2)n1. The van der Waals surface area contributed by atoms with Crippen molar-refractivity contribution in [1.29, 1.82) is 0 Å². The van der Waals surface area contributed by atoms with Crippen molar-refractivity contribution >= 4 is 23.2 Å². The predicted octanol–water partition coefficient (Wildman–Crippen LogP) is 2.59. The van der Waals surface area contributed by atoms with Gasteiger partial charge in [0.05, 0.1) is 6.04 Å². The molecule has 0 amide bonds. The molecule has 4 nitrogen and oxygen atoms in total. The topological polar surface area (TPSA) is 63.8 Å². The normalized spacial score (nSPS) is 11.9. The van der Waals surface area contributed by atoms with Crippen LogP contribution in [-0.4, -0.2) is 15.0 Å². The molecule has 1 unspecified atom stereocenters. The maximum atomic E-state index is 5.61. The summed E-state index contributed by atoms with van der Waals surface area (Å²) >= 11 is 4.95. The van der Waals surface area contributed by atoms with E-state index < -0.39 is 0 Å².